The molecule has 21 heavy (non-hydrogen) atoms. The monoisotopic (exact) mass is 345 g/mol. The van der Waals surface area contributed by atoms with Gasteiger partial charge in [0.15, 0.2) is 0 Å². The highest BCUT2D eigenvalue weighted by Crippen LogP contribution is 2.28. The van der Waals surface area contributed by atoms with Crippen LogP contribution in [0, 0.1) is 0 Å². The Bertz CT molecular complexity index is 804. The molecular weight excluding hydrogens is 338 g/mol. The van der Waals surface area contributed by atoms with Gasteiger partial charge in [-0.15, -0.1) is 0 Å². The fourth-order valence-electron chi connectivity index (χ4n) is 2.14. The van der Waals surface area contributed by atoms with Crippen LogP contribution in [0.25, 0.3) is 0 Å². The molecule has 0 spiro atoms. The number of aromatic nitrogens is 1. The van der Waals surface area contributed by atoms with Gasteiger partial charge in [0.05, 0.1) is 11.1 Å². The van der Waals surface area contributed by atoms with Crippen LogP contribution in [-0.2, 0) is 0 Å². The van der Waals surface area contributed by atoms with Gasteiger partial charge >= 0.3 is 0 Å². The number of rotatable bonds is 1. The molecule has 2 N–H and O–H groups in total. The van der Waals surface area contributed by atoms with Gasteiger partial charge in [-0.1, -0.05) is 12.1 Å². The number of amides is 3. The van der Waals surface area contributed by atoms with Crippen molar-refractivity contribution in [3.8, 4) is 0 Å². The molecular formula is C14H8BrN3O3. The average molecular weight is 346 g/mol. The lowest BCUT2D eigenvalue weighted by Gasteiger charge is -2.11. The van der Waals surface area contributed by atoms with E-state index in [1.807, 2.05) is 0 Å². The molecule has 0 fully saturated rings. The molecule has 1 aliphatic heterocycles. The van der Waals surface area contributed by atoms with Gasteiger partial charge in [-0.05, 0) is 40.2 Å². The van der Waals surface area contributed by atoms with E-state index < -0.39 is 17.7 Å². The lowest BCUT2D eigenvalue weighted by molar-refractivity contribution is 0.0563. The van der Waals surface area contributed by atoms with E-state index >= 15 is 0 Å². The largest absolute Gasteiger partial charge is 0.398 e. The second-order valence-electron chi connectivity index (χ2n) is 4.37. The molecule has 3 amide bonds. The molecule has 2 heterocycles. The van der Waals surface area contributed by atoms with Gasteiger partial charge < -0.3 is 5.73 Å². The van der Waals surface area contributed by atoms with Crippen molar-refractivity contribution < 1.29 is 14.4 Å². The number of benzene rings is 1. The van der Waals surface area contributed by atoms with Crippen LogP contribution < -0.4 is 5.73 Å². The minimum Gasteiger partial charge on any atom is -0.398 e. The van der Waals surface area contributed by atoms with Crippen molar-refractivity contribution in [2.24, 2.45) is 0 Å². The number of anilines is 1. The van der Waals surface area contributed by atoms with E-state index in [0.717, 1.165) is 0 Å². The molecule has 1 aromatic heterocycles. The third-order valence-electron chi connectivity index (χ3n) is 3.08. The van der Waals surface area contributed by atoms with Crippen molar-refractivity contribution in [3.63, 3.8) is 0 Å². The number of hydrogen-bond donors (Lipinski definition) is 1. The van der Waals surface area contributed by atoms with Crippen molar-refractivity contribution in [1.82, 2.24) is 9.88 Å². The van der Waals surface area contributed by atoms with E-state index in [1.165, 1.54) is 18.2 Å². The van der Waals surface area contributed by atoms with E-state index in [2.05, 4.69) is 20.9 Å². The second-order valence-corrected chi connectivity index (χ2v) is 5.18. The Balaban J connectivity index is 2.06. The number of nitrogen functional groups attached to an aromatic ring is 1. The first-order valence-electron chi connectivity index (χ1n) is 5.95. The summed E-state index contributed by atoms with van der Waals surface area (Å²) in [6.07, 6.45) is 0. The summed E-state index contributed by atoms with van der Waals surface area (Å²) in [5, 5.41) is 0. The highest BCUT2D eigenvalue weighted by atomic mass is 79.9. The summed E-state index contributed by atoms with van der Waals surface area (Å²) in [4.78, 5) is 41.4. The number of halogens is 1. The molecule has 0 bridgehead atoms. The molecule has 1 aliphatic rings. The average Bonchev–Trinajstić information content (AvgIpc) is 2.71. The number of imide groups is 3. The van der Waals surface area contributed by atoms with E-state index in [1.54, 1.807) is 18.2 Å². The van der Waals surface area contributed by atoms with Gasteiger partial charge in [-0.25, -0.2) is 9.88 Å². The highest BCUT2D eigenvalue weighted by molar-refractivity contribution is 9.10. The number of nitrogens with zero attached hydrogens (tertiary/aromatic N) is 2. The van der Waals surface area contributed by atoms with Gasteiger partial charge in [0.2, 0.25) is 0 Å². The lowest BCUT2D eigenvalue weighted by atomic mass is 10.1. The van der Waals surface area contributed by atoms with Crippen LogP contribution in [0.5, 0.6) is 0 Å². The Labute approximate surface area is 127 Å². The maximum absolute atomic E-state index is 12.4. The summed E-state index contributed by atoms with van der Waals surface area (Å²) in [5.74, 6) is -2.18. The van der Waals surface area contributed by atoms with E-state index in [4.69, 9.17) is 5.73 Å². The first-order valence-corrected chi connectivity index (χ1v) is 6.74. The molecule has 6 nitrogen and oxygen atoms in total. The third-order valence-corrected chi connectivity index (χ3v) is 3.53. The number of hydrogen-bond acceptors (Lipinski definition) is 5. The number of carbonyl (C=O) groups excluding carboxylic acids is 3. The topological polar surface area (TPSA) is 93.4 Å². The zero-order chi connectivity index (χ0) is 15.1. The van der Waals surface area contributed by atoms with Crippen molar-refractivity contribution in [2.75, 3.05) is 5.73 Å². The third kappa shape index (κ3) is 2.02. The zero-order valence-electron chi connectivity index (χ0n) is 10.5. The maximum atomic E-state index is 12.4. The lowest BCUT2D eigenvalue weighted by Crippen LogP contribution is -2.36. The van der Waals surface area contributed by atoms with Gasteiger partial charge in [-0.2, -0.15) is 0 Å². The first kappa shape index (κ1) is 13.4. The summed E-state index contributed by atoms with van der Waals surface area (Å²) >= 11 is 3.14. The summed E-state index contributed by atoms with van der Waals surface area (Å²) in [6.45, 7) is 0. The fourth-order valence-corrected chi connectivity index (χ4v) is 2.48. The Morgan fingerprint density at radius 1 is 1.10 bits per heavy atom. The molecule has 7 heteroatoms. The molecule has 0 radical (unpaired) electrons. The molecule has 0 saturated carbocycles. The molecule has 2 aromatic rings. The Morgan fingerprint density at radius 3 is 2.48 bits per heavy atom. The predicted octanol–water partition coefficient (Wildman–Crippen LogP) is 1.86. The fraction of sp³-hybridized carbons (Fsp3) is 0. The quantitative estimate of drug-likeness (QED) is 0.483. The second kappa shape index (κ2) is 4.78. The predicted molar refractivity (Wildman–Crippen MR) is 77.6 cm³/mol. The number of carbonyl (C=O) groups is 3. The smallest absolute Gasteiger partial charge is 0.286 e. The van der Waals surface area contributed by atoms with Gasteiger partial charge in [0.1, 0.15) is 10.3 Å². The zero-order valence-corrected chi connectivity index (χ0v) is 12.1. The van der Waals surface area contributed by atoms with Crippen LogP contribution >= 0.6 is 15.9 Å². The molecule has 0 unspecified atom stereocenters. The van der Waals surface area contributed by atoms with Crippen LogP contribution in [0.15, 0.2) is 41.0 Å². The Kier molecular flexibility index (Phi) is 3.06. The van der Waals surface area contributed by atoms with E-state index in [0.29, 0.717) is 9.50 Å². The maximum Gasteiger partial charge on any atom is 0.286 e. The summed E-state index contributed by atoms with van der Waals surface area (Å²) in [7, 11) is 0. The summed E-state index contributed by atoms with van der Waals surface area (Å²) < 4.78 is 0.435. The molecule has 0 saturated heterocycles. The van der Waals surface area contributed by atoms with Crippen LogP contribution in [0.3, 0.4) is 0 Å². The molecule has 0 aliphatic carbocycles. The van der Waals surface area contributed by atoms with Crippen LogP contribution in [-0.4, -0.2) is 27.6 Å². The Hall–Kier alpha value is -2.54. The molecule has 1 aromatic carbocycles. The van der Waals surface area contributed by atoms with E-state index in [-0.39, 0.29) is 22.5 Å². The Morgan fingerprint density at radius 2 is 1.81 bits per heavy atom. The summed E-state index contributed by atoms with van der Waals surface area (Å²) in [5.41, 5.74) is 6.07. The van der Waals surface area contributed by atoms with E-state index in [9.17, 15) is 14.4 Å². The minimum atomic E-state index is -0.776. The molecule has 104 valence electrons. The standard InChI is InChI=1S/C14H8BrN3O3/c15-10-6-2-5-9(17-10)13(20)18-12(19)7-3-1-4-8(16)11(7)14(18)21/h1-6H,16H2. The van der Waals surface area contributed by atoms with Crippen molar-refractivity contribution in [3.05, 3.63) is 57.8 Å². The van der Waals surface area contributed by atoms with Gasteiger partial charge in [0.25, 0.3) is 17.7 Å². The van der Waals surface area contributed by atoms with Crippen LogP contribution in [0.4, 0.5) is 5.69 Å². The van der Waals surface area contributed by atoms with Gasteiger partial charge in [0, 0.05) is 5.69 Å². The number of fused-ring (bicyclic) bond motifs is 1. The number of pyridine rings is 1. The minimum absolute atomic E-state index is 0.00236. The molecule has 0 atom stereocenters. The summed E-state index contributed by atoms with van der Waals surface area (Å²) in [6, 6.07) is 9.20. The van der Waals surface area contributed by atoms with Crippen LogP contribution in [0.2, 0.25) is 0 Å². The van der Waals surface area contributed by atoms with Crippen molar-refractivity contribution in [2.45, 2.75) is 0 Å². The highest BCUT2D eigenvalue weighted by Gasteiger charge is 2.41. The molecule has 3 rings (SSSR count). The van der Waals surface area contributed by atoms with Gasteiger partial charge in [-0.3, -0.25) is 14.4 Å². The van der Waals surface area contributed by atoms with Crippen LogP contribution in [0.1, 0.15) is 31.2 Å². The van der Waals surface area contributed by atoms with Crippen molar-refractivity contribution in [1.29, 1.82) is 0 Å². The van der Waals surface area contributed by atoms with Crippen molar-refractivity contribution >= 4 is 39.3 Å². The normalized spacial score (nSPS) is 13.5. The number of nitrogens with two attached hydrogens (primary N) is 1. The SMILES string of the molecule is Nc1cccc2c1C(=O)N(C(=O)c1cccc(Br)n1)C2=O. The first-order chi connectivity index (χ1) is 10.0.